The zero-order valence-corrected chi connectivity index (χ0v) is 19.4. The normalized spacial score (nSPS) is 14.0. The lowest BCUT2D eigenvalue weighted by Crippen LogP contribution is -2.46. The van der Waals surface area contributed by atoms with Crippen molar-refractivity contribution in [3.05, 3.63) is 48.0 Å². The van der Waals surface area contributed by atoms with Crippen molar-refractivity contribution in [3.63, 3.8) is 0 Å². The minimum Gasteiger partial charge on any atom is -0.495 e. The molecular weight excluding hydrogens is 444 g/mol. The monoisotopic (exact) mass is 472 g/mol. The molecule has 0 spiro atoms. The molecule has 0 bridgehead atoms. The Balaban J connectivity index is 1.58. The molecule has 1 fully saturated rings. The molecule has 3 rings (SSSR count). The lowest BCUT2D eigenvalue weighted by molar-refractivity contribution is -0.143. The van der Waals surface area contributed by atoms with E-state index >= 15 is 0 Å². The van der Waals surface area contributed by atoms with Crippen LogP contribution in [0.4, 0.5) is 5.69 Å². The first-order chi connectivity index (χ1) is 16.4. The van der Waals surface area contributed by atoms with Gasteiger partial charge in [0.1, 0.15) is 5.75 Å². The average Bonchev–Trinajstić information content (AvgIpc) is 2.87. The number of anilines is 1. The Morgan fingerprint density at radius 3 is 2.41 bits per heavy atom. The molecule has 2 aromatic rings. The molecule has 1 saturated heterocycles. The molecule has 2 aromatic carbocycles. The van der Waals surface area contributed by atoms with E-state index in [2.05, 4.69) is 5.32 Å². The number of benzene rings is 2. The number of carbonyl (C=O) groups excluding carboxylic acids is 3. The maximum Gasteiger partial charge on any atom is 0.339 e. The third-order valence-electron chi connectivity index (χ3n) is 5.09. The second-order valence-corrected chi connectivity index (χ2v) is 7.39. The highest BCUT2D eigenvalue weighted by Gasteiger charge is 2.26. The first-order valence-electron chi connectivity index (χ1n) is 10.7. The van der Waals surface area contributed by atoms with E-state index in [1.165, 1.54) is 39.3 Å². The van der Waals surface area contributed by atoms with Gasteiger partial charge in [-0.1, -0.05) is 12.1 Å². The van der Waals surface area contributed by atoms with Gasteiger partial charge in [0.15, 0.2) is 24.2 Å². The summed E-state index contributed by atoms with van der Waals surface area (Å²) in [5.74, 6) is -0.306. The second kappa shape index (κ2) is 11.9. The molecule has 0 aromatic heterocycles. The number of carbonyl (C=O) groups is 3. The molecule has 1 unspecified atom stereocenters. The molecule has 2 amide bonds. The molecule has 1 heterocycles. The fourth-order valence-electron chi connectivity index (χ4n) is 3.31. The fourth-order valence-corrected chi connectivity index (χ4v) is 3.31. The number of nitrogens with zero attached hydrogens (tertiary/aromatic N) is 1. The topological polar surface area (TPSA) is 113 Å². The summed E-state index contributed by atoms with van der Waals surface area (Å²) < 4.78 is 26.6. The Kier molecular flexibility index (Phi) is 8.69. The van der Waals surface area contributed by atoms with Gasteiger partial charge in [0.25, 0.3) is 11.8 Å². The lowest BCUT2D eigenvalue weighted by Gasteiger charge is -2.29. The number of ether oxygens (including phenoxy) is 5. The molecule has 1 aliphatic rings. The highest BCUT2D eigenvalue weighted by molar-refractivity contribution is 5.94. The number of methoxy groups -OCH3 is 2. The SMILES string of the molecule is COc1ccccc1NC(=O)COc1ccc(C(=O)OC(C)C(=O)N2CCOCC2)cc1OC. The van der Waals surface area contributed by atoms with Crippen molar-refractivity contribution in [2.45, 2.75) is 13.0 Å². The predicted molar refractivity (Wildman–Crippen MR) is 122 cm³/mol. The third kappa shape index (κ3) is 6.38. The average molecular weight is 472 g/mol. The highest BCUT2D eigenvalue weighted by atomic mass is 16.5. The van der Waals surface area contributed by atoms with Gasteiger partial charge >= 0.3 is 5.97 Å². The highest BCUT2D eigenvalue weighted by Crippen LogP contribution is 2.29. The number of nitrogens with one attached hydrogen (secondary N) is 1. The van der Waals surface area contributed by atoms with Crippen molar-refractivity contribution in [2.24, 2.45) is 0 Å². The van der Waals surface area contributed by atoms with Gasteiger partial charge in [0, 0.05) is 13.1 Å². The van der Waals surface area contributed by atoms with Crippen molar-refractivity contribution in [3.8, 4) is 17.2 Å². The number of para-hydroxylation sites is 2. The molecule has 1 atom stereocenters. The molecule has 10 nitrogen and oxygen atoms in total. The summed E-state index contributed by atoms with van der Waals surface area (Å²) in [5, 5.41) is 2.71. The number of esters is 1. The zero-order valence-electron chi connectivity index (χ0n) is 19.4. The maximum absolute atomic E-state index is 12.6. The van der Waals surface area contributed by atoms with Crippen LogP contribution in [0.25, 0.3) is 0 Å². The van der Waals surface area contributed by atoms with Gasteiger partial charge in [-0.3, -0.25) is 9.59 Å². The Bertz CT molecular complexity index is 1020. The van der Waals surface area contributed by atoms with E-state index in [0.717, 1.165) is 0 Å². The van der Waals surface area contributed by atoms with Crippen molar-refractivity contribution >= 4 is 23.5 Å². The van der Waals surface area contributed by atoms with Gasteiger partial charge in [-0.25, -0.2) is 4.79 Å². The molecule has 0 aliphatic carbocycles. The van der Waals surface area contributed by atoms with Crippen LogP contribution in [0.2, 0.25) is 0 Å². The van der Waals surface area contributed by atoms with E-state index in [4.69, 9.17) is 23.7 Å². The molecule has 1 N–H and O–H groups in total. The van der Waals surface area contributed by atoms with Crippen molar-refractivity contribution in [2.75, 3.05) is 52.4 Å². The smallest absolute Gasteiger partial charge is 0.339 e. The Morgan fingerprint density at radius 2 is 1.71 bits per heavy atom. The minimum absolute atomic E-state index is 0.185. The van der Waals surface area contributed by atoms with E-state index in [1.807, 2.05) is 0 Å². The standard InChI is InChI=1S/C24H28N2O8/c1-16(23(28)26-10-12-32-13-11-26)34-24(29)17-8-9-20(21(14-17)31-3)33-15-22(27)25-18-6-4-5-7-19(18)30-2/h4-9,14,16H,10-13,15H2,1-3H3,(H,25,27). The van der Waals surface area contributed by atoms with Crippen LogP contribution in [0.1, 0.15) is 17.3 Å². The van der Waals surface area contributed by atoms with Crippen LogP contribution in [-0.4, -0.2) is 75.9 Å². The van der Waals surface area contributed by atoms with E-state index in [1.54, 1.807) is 29.2 Å². The van der Waals surface area contributed by atoms with Gasteiger partial charge in [-0.2, -0.15) is 0 Å². The fraction of sp³-hybridized carbons (Fsp3) is 0.375. The predicted octanol–water partition coefficient (Wildman–Crippen LogP) is 2.13. The molecule has 0 saturated carbocycles. The number of hydrogen-bond acceptors (Lipinski definition) is 8. The number of rotatable bonds is 9. The first-order valence-corrected chi connectivity index (χ1v) is 10.7. The van der Waals surface area contributed by atoms with Crippen LogP contribution in [0, 0.1) is 0 Å². The van der Waals surface area contributed by atoms with E-state index < -0.39 is 18.0 Å². The summed E-state index contributed by atoms with van der Waals surface area (Å²) in [7, 11) is 2.93. The minimum atomic E-state index is -0.939. The van der Waals surface area contributed by atoms with E-state index in [0.29, 0.717) is 37.7 Å². The van der Waals surface area contributed by atoms with Crippen molar-refractivity contribution in [1.29, 1.82) is 0 Å². The Morgan fingerprint density at radius 1 is 1.00 bits per heavy atom. The number of morpholine rings is 1. The first kappa shape index (κ1) is 24.8. The zero-order chi connectivity index (χ0) is 24.5. The molecule has 0 radical (unpaired) electrons. The number of amides is 2. The van der Waals surface area contributed by atoms with Crippen LogP contribution in [0.5, 0.6) is 17.2 Å². The summed E-state index contributed by atoms with van der Waals surface area (Å²) >= 11 is 0. The van der Waals surface area contributed by atoms with Crippen LogP contribution in [0.3, 0.4) is 0 Å². The largest absolute Gasteiger partial charge is 0.495 e. The van der Waals surface area contributed by atoms with Crippen molar-refractivity contribution in [1.82, 2.24) is 4.90 Å². The quantitative estimate of drug-likeness (QED) is 0.553. The lowest BCUT2D eigenvalue weighted by atomic mass is 10.2. The van der Waals surface area contributed by atoms with Crippen LogP contribution in [-0.2, 0) is 19.1 Å². The summed E-state index contributed by atoms with van der Waals surface area (Å²) in [6.45, 7) is 3.09. The van der Waals surface area contributed by atoms with Gasteiger partial charge in [0.2, 0.25) is 0 Å². The van der Waals surface area contributed by atoms with E-state index in [-0.39, 0.29) is 29.6 Å². The Hall–Kier alpha value is -3.79. The molecule has 1 aliphatic heterocycles. The molecule has 182 valence electrons. The summed E-state index contributed by atoms with van der Waals surface area (Å²) in [6, 6.07) is 11.4. The van der Waals surface area contributed by atoms with Crippen LogP contribution in [0.15, 0.2) is 42.5 Å². The van der Waals surface area contributed by atoms with Crippen LogP contribution >= 0.6 is 0 Å². The van der Waals surface area contributed by atoms with Gasteiger partial charge in [-0.15, -0.1) is 0 Å². The van der Waals surface area contributed by atoms with Crippen molar-refractivity contribution < 1.29 is 38.1 Å². The second-order valence-electron chi connectivity index (χ2n) is 7.39. The maximum atomic E-state index is 12.6. The summed E-state index contributed by atoms with van der Waals surface area (Å²) in [6.07, 6.45) is -0.939. The van der Waals surface area contributed by atoms with E-state index in [9.17, 15) is 14.4 Å². The molecule has 34 heavy (non-hydrogen) atoms. The molecule has 10 heteroatoms. The third-order valence-corrected chi connectivity index (χ3v) is 5.09. The van der Waals surface area contributed by atoms with Crippen LogP contribution < -0.4 is 19.5 Å². The summed E-state index contributed by atoms with van der Waals surface area (Å²) in [4.78, 5) is 38.9. The van der Waals surface area contributed by atoms with Gasteiger partial charge in [0.05, 0.1) is 38.7 Å². The summed E-state index contributed by atoms with van der Waals surface area (Å²) in [5.41, 5.74) is 0.703. The van der Waals surface area contributed by atoms with Gasteiger partial charge < -0.3 is 33.9 Å². The van der Waals surface area contributed by atoms with Gasteiger partial charge in [-0.05, 0) is 37.3 Å². The molecular formula is C24H28N2O8. The number of hydrogen-bond donors (Lipinski definition) is 1. The Labute approximate surface area is 197 Å².